The third-order valence-electron chi connectivity index (χ3n) is 4.57. The molecule has 3 rings (SSSR count). The number of nitrogens with two attached hydrogens (primary N) is 2. The van der Waals surface area contributed by atoms with Crippen LogP contribution >= 0.6 is 0 Å². The van der Waals surface area contributed by atoms with Gasteiger partial charge in [-0.2, -0.15) is 5.10 Å². The minimum absolute atomic E-state index is 0.157. The van der Waals surface area contributed by atoms with Crippen molar-refractivity contribution in [2.75, 3.05) is 29.6 Å². The number of rotatable bonds is 8. The van der Waals surface area contributed by atoms with E-state index in [1.807, 2.05) is 13.8 Å². The summed E-state index contributed by atoms with van der Waals surface area (Å²) in [5.74, 6) is 0.695. The molecule has 0 radical (unpaired) electrons. The Morgan fingerprint density at radius 2 is 1.72 bits per heavy atom. The summed E-state index contributed by atoms with van der Waals surface area (Å²) in [6.45, 7) is 4.72. The van der Waals surface area contributed by atoms with Gasteiger partial charge in [0.15, 0.2) is 0 Å². The molecule has 168 valence electrons. The molecule has 3 amide bonds. The lowest BCUT2D eigenvalue weighted by Gasteiger charge is -2.14. The summed E-state index contributed by atoms with van der Waals surface area (Å²) < 4.78 is 12.5. The Kier molecular flexibility index (Phi) is 6.83. The second-order valence-electron chi connectivity index (χ2n) is 6.78. The maximum absolute atomic E-state index is 12.5. The van der Waals surface area contributed by atoms with Crippen LogP contribution in [0, 0.1) is 0 Å². The number of primary amides is 1. The number of nitrogens with zero attached hydrogens (tertiary/aromatic N) is 2. The lowest BCUT2D eigenvalue weighted by atomic mass is 10.1. The number of carbonyl (C=O) groups excluding carboxylic acids is 2. The van der Waals surface area contributed by atoms with Crippen molar-refractivity contribution in [2.24, 2.45) is 12.8 Å². The summed E-state index contributed by atoms with van der Waals surface area (Å²) in [4.78, 5) is 24.2. The van der Waals surface area contributed by atoms with E-state index in [2.05, 4.69) is 15.7 Å². The van der Waals surface area contributed by atoms with Crippen LogP contribution in [0.2, 0.25) is 0 Å². The van der Waals surface area contributed by atoms with E-state index in [1.165, 1.54) is 4.68 Å². The number of benzene rings is 2. The number of nitrogens with one attached hydrogen (secondary N) is 2. The molecule has 0 atom stereocenters. The Hall–Kier alpha value is -4.21. The quantitative estimate of drug-likeness (QED) is 0.425. The third-order valence-corrected chi connectivity index (χ3v) is 4.57. The molecule has 0 saturated heterocycles. The van der Waals surface area contributed by atoms with Gasteiger partial charge in [0.25, 0.3) is 5.91 Å². The van der Waals surface area contributed by atoms with Crippen LogP contribution in [0.5, 0.6) is 11.5 Å². The fourth-order valence-corrected chi connectivity index (χ4v) is 3.12. The zero-order valence-corrected chi connectivity index (χ0v) is 18.1. The van der Waals surface area contributed by atoms with Crippen LogP contribution in [-0.2, 0) is 7.05 Å². The lowest BCUT2D eigenvalue weighted by molar-refractivity contribution is 0.100. The summed E-state index contributed by atoms with van der Waals surface area (Å²) in [5.41, 5.74) is 13.6. The third kappa shape index (κ3) is 4.91. The zero-order chi connectivity index (χ0) is 23.3. The first-order chi connectivity index (χ1) is 15.3. The number of ether oxygens (including phenoxy) is 2. The fourth-order valence-electron chi connectivity index (χ4n) is 3.12. The smallest absolute Gasteiger partial charge is 0.323 e. The molecule has 0 bridgehead atoms. The predicted molar refractivity (Wildman–Crippen MR) is 123 cm³/mol. The topological polar surface area (TPSA) is 147 Å². The van der Waals surface area contributed by atoms with Gasteiger partial charge in [0, 0.05) is 24.4 Å². The van der Waals surface area contributed by atoms with Crippen LogP contribution in [0.1, 0.15) is 24.2 Å². The van der Waals surface area contributed by atoms with Crippen molar-refractivity contribution < 1.29 is 19.1 Å². The Morgan fingerprint density at radius 3 is 2.34 bits per heavy atom. The first kappa shape index (κ1) is 22.5. The highest BCUT2D eigenvalue weighted by Crippen LogP contribution is 2.30. The van der Waals surface area contributed by atoms with Gasteiger partial charge in [0.05, 0.1) is 18.9 Å². The molecule has 6 N–H and O–H groups in total. The minimum atomic E-state index is -0.660. The molecule has 0 fully saturated rings. The molecule has 0 aliphatic heterocycles. The minimum Gasteiger partial charge on any atom is -0.494 e. The maximum Gasteiger partial charge on any atom is 0.323 e. The SMILES string of the molecule is CCOc1ccc(NC(=O)Nc2ccc(-c3nn(C)c(N)c3C(N)=O)cc2)c(OCC)c1. The number of aryl methyl sites for hydroxylation is 1. The lowest BCUT2D eigenvalue weighted by Crippen LogP contribution is -2.20. The number of urea groups is 1. The zero-order valence-electron chi connectivity index (χ0n) is 18.1. The van der Waals surface area contributed by atoms with E-state index in [-0.39, 0.29) is 11.4 Å². The van der Waals surface area contributed by atoms with Gasteiger partial charge >= 0.3 is 6.03 Å². The predicted octanol–water partition coefficient (Wildman–Crippen LogP) is 3.21. The average molecular weight is 438 g/mol. The van der Waals surface area contributed by atoms with Gasteiger partial charge < -0.3 is 31.6 Å². The van der Waals surface area contributed by atoms with E-state index in [1.54, 1.807) is 49.5 Å². The largest absolute Gasteiger partial charge is 0.494 e. The number of aromatic nitrogens is 2. The average Bonchev–Trinajstić information content (AvgIpc) is 3.05. The van der Waals surface area contributed by atoms with Gasteiger partial charge in [-0.05, 0) is 38.1 Å². The number of anilines is 3. The number of nitrogen functional groups attached to an aromatic ring is 1. The molecule has 0 aliphatic carbocycles. The molecule has 0 spiro atoms. The monoisotopic (exact) mass is 438 g/mol. The van der Waals surface area contributed by atoms with Gasteiger partial charge in [-0.15, -0.1) is 0 Å². The first-order valence-corrected chi connectivity index (χ1v) is 10.0. The Morgan fingerprint density at radius 1 is 1.03 bits per heavy atom. The molecular formula is C22H26N6O4. The molecule has 0 saturated carbocycles. The Bertz CT molecular complexity index is 1120. The molecule has 2 aromatic carbocycles. The van der Waals surface area contributed by atoms with Gasteiger partial charge in [0.1, 0.15) is 28.6 Å². The van der Waals surface area contributed by atoms with Crippen molar-refractivity contribution in [2.45, 2.75) is 13.8 Å². The normalized spacial score (nSPS) is 10.5. The van der Waals surface area contributed by atoms with Crippen molar-refractivity contribution in [3.05, 3.63) is 48.0 Å². The summed E-state index contributed by atoms with van der Waals surface area (Å²) >= 11 is 0. The molecule has 3 aromatic rings. The maximum atomic E-state index is 12.5. The second kappa shape index (κ2) is 9.73. The van der Waals surface area contributed by atoms with Gasteiger partial charge in [-0.25, -0.2) is 4.79 Å². The summed E-state index contributed by atoms with van der Waals surface area (Å²) in [6, 6.07) is 11.6. The van der Waals surface area contributed by atoms with E-state index in [4.69, 9.17) is 20.9 Å². The van der Waals surface area contributed by atoms with E-state index >= 15 is 0 Å². The highest BCUT2D eigenvalue weighted by atomic mass is 16.5. The highest BCUT2D eigenvalue weighted by Gasteiger charge is 2.20. The van der Waals surface area contributed by atoms with E-state index in [9.17, 15) is 9.59 Å². The van der Waals surface area contributed by atoms with Crippen LogP contribution in [0.4, 0.5) is 22.0 Å². The standard InChI is InChI=1S/C22H26N6O4/c1-4-31-15-10-11-16(17(12-15)32-5-2)26-22(30)25-14-8-6-13(7-9-14)19-18(21(24)29)20(23)28(3)27-19/h6-12H,4-5,23H2,1-3H3,(H2,24,29)(H2,25,26,30). The number of amides is 3. The molecule has 1 heterocycles. The van der Waals surface area contributed by atoms with Crippen LogP contribution in [0.3, 0.4) is 0 Å². The molecule has 32 heavy (non-hydrogen) atoms. The fraction of sp³-hybridized carbons (Fsp3) is 0.227. The number of carbonyl (C=O) groups is 2. The van der Waals surface area contributed by atoms with E-state index in [0.29, 0.717) is 47.3 Å². The number of hydrogen-bond donors (Lipinski definition) is 4. The molecule has 0 aliphatic rings. The summed E-state index contributed by atoms with van der Waals surface area (Å²) in [6.07, 6.45) is 0. The van der Waals surface area contributed by atoms with Crippen molar-refractivity contribution >= 4 is 29.1 Å². The van der Waals surface area contributed by atoms with Gasteiger partial charge in [-0.3, -0.25) is 9.48 Å². The van der Waals surface area contributed by atoms with Crippen molar-refractivity contribution in [3.8, 4) is 22.8 Å². The second-order valence-corrected chi connectivity index (χ2v) is 6.78. The van der Waals surface area contributed by atoms with Crippen LogP contribution in [0.25, 0.3) is 11.3 Å². The van der Waals surface area contributed by atoms with Gasteiger partial charge in [-0.1, -0.05) is 12.1 Å². The Balaban J connectivity index is 1.73. The molecule has 1 aromatic heterocycles. The van der Waals surface area contributed by atoms with Gasteiger partial charge in [0.2, 0.25) is 0 Å². The first-order valence-electron chi connectivity index (χ1n) is 10.0. The molecule has 10 heteroatoms. The van der Waals surface area contributed by atoms with Crippen molar-refractivity contribution in [3.63, 3.8) is 0 Å². The Labute approximate surface area is 185 Å². The number of hydrogen-bond acceptors (Lipinski definition) is 6. The van der Waals surface area contributed by atoms with E-state index < -0.39 is 11.9 Å². The molecule has 0 unspecified atom stereocenters. The molecular weight excluding hydrogens is 412 g/mol. The van der Waals surface area contributed by atoms with Crippen molar-refractivity contribution in [1.29, 1.82) is 0 Å². The van der Waals surface area contributed by atoms with Crippen molar-refractivity contribution in [1.82, 2.24) is 9.78 Å². The summed E-state index contributed by atoms with van der Waals surface area (Å²) in [5, 5.41) is 9.79. The van der Waals surface area contributed by atoms with Crippen LogP contribution in [-0.4, -0.2) is 34.9 Å². The van der Waals surface area contributed by atoms with E-state index in [0.717, 1.165) is 0 Å². The highest BCUT2D eigenvalue weighted by molar-refractivity contribution is 6.04. The van der Waals surface area contributed by atoms with Crippen LogP contribution < -0.4 is 31.6 Å². The summed E-state index contributed by atoms with van der Waals surface area (Å²) in [7, 11) is 1.63. The molecule has 10 nitrogen and oxygen atoms in total. The van der Waals surface area contributed by atoms with Crippen LogP contribution in [0.15, 0.2) is 42.5 Å².